The predicted molar refractivity (Wildman–Crippen MR) is 67.6 cm³/mol. The van der Waals surface area contributed by atoms with Gasteiger partial charge in [-0.2, -0.15) is 0 Å². The van der Waals surface area contributed by atoms with E-state index in [1.807, 2.05) is 0 Å². The topological polar surface area (TPSA) is 51.8 Å². The zero-order valence-electron chi connectivity index (χ0n) is 10.3. The SMILES string of the molecule is Nc1nc(Cc2ccc(F)cc2F)nc2c1CCC2. The highest BCUT2D eigenvalue weighted by Gasteiger charge is 2.18. The first-order chi connectivity index (χ1) is 9.13. The van der Waals surface area contributed by atoms with Crippen LogP contribution in [-0.2, 0) is 19.3 Å². The van der Waals surface area contributed by atoms with Gasteiger partial charge in [0.1, 0.15) is 23.3 Å². The molecule has 3 nitrogen and oxygen atoms in total. The third-order valence-electron chi connectivity index (χ3n) is 3.38. The third kappa shape index (κ3) is 2.28. The van der Waals surface area contributed by atoms with Crippen LogP contribution in [0.4, 0.5) is 14.6 Å². The second-order valence-corrected chi connectivity index (χ2v) is 4.72. The minimum Gasteiger partial charge on any atom is -0.383 e. The van der Waals surface area contributed by atoms with Crippen LogP contribution >= 0.6 is 0 Å². The van der Waals surface area contributed by atoms with E-state index in [9.17, 15) is 8.78 Å². The number of nitrogen functional groups attached to an aromatic ring is 1. The number of aryl methyl sites for hydroxylation is 1. The molecule has 0 aliphatic heterocycles. The number of hydrogen-bond donors (Lipinski definition) is 1. The maximum Gasteiger partial charge on any atom is 0.135 e. The highest BCUT2D eigenvalue weighted by atomic mass is 19.1. The molecule has 0 bridgehead atoms. The number of fused-ring (bicyclic) bond motifs is 1. The number of nitrogens with zero attached hydrogens (tertiary/aromatic N) is 2. The monoisotopic (exact) mass is 261 g/mol. The molecule has 2 aromatic rings. The molecule has 1 aliphatic rings. The van der Waals surface area contributed by atoms with Crippen molar-refractivity contribution >= 4 is 5.82 Å². The molecule has 3 rings (SSSR count). The van der Waals surface area contributed by atoms with Crippen molar-refractivity contribution in [2.45, 2.75) is 25.7 Å². The second-order valence-electron chi connectivity index (χ2n) is 4.72. The lowest BCUT2D eigenvalue weighted by Crippen LogP contribution is -2.07. The van der Waals surface area contributed by atoms with Crippen LogP contribution in [0.15, 0.2) is 18.2 Å². The first kappa shape index (κ1) is 12.0. The van der Waals surface area contributed by atoms with E-state index in [2.05, 4.69) is 9.97 Å². The average molecular weight is 261 g/mol. The fourth-order valence-corrected chi connectivity index (χ4v) is 2.43. The molecule has 19 heavy (non-hydrogen) atoms. The van der Waals surface area contributed by atoms with Gasteiger partial charge in [-0.05, 0) is 30.9 Å². The van der Waals surface area contributed by atoms with Crippen molar-refractivity contribution in [3.63, 3.8) is 0 Å². The minimum atomic E-state index is -0.587. The standard InChI is InChI=1S/C14H13F2N3/c15-9-5-4-8(11(16)7-9)6-13-18-12-3-1-2-10(12)14(17)19-13/h4-5,7H,1-3,6H2,(H2,17,18,19). The smallest absolute Gasteiger partial charge is 0.135 e. The van der Waals surface area contributed by atoms with Crippen LogP contribution in [0.3, 0.4) is 0 Å². The first-order valence-electron chi connectivity index (χ1n) is 6.21. The van der Waals surface area contributed by atoms with Gasteiger partial charge in [-0.15, -0.1) is 0 Å². The van der Waals surface area contributed by atoms with Gasteiger partial charge in [0.2, 0.25) is 0 Å². The van der Waals surface area contributed by atoms with Gasteiger partial charge < -0.3 is 5.73 Å². The molecule has 0 unspecified atom stereocenters. The molecule has 0 saturated carbocycles. The van der Waals surface area contributed by atoms with Gasteiger partial charge in [-0.1, -0.05) is 6.07 Å². The summed E-state index contributed by atoms with van der Waals surface area (Å²) in [6.45, 7) is 0. The molecule has 1 heterocycles. The Kier molecular flexibility index (Phi) is 2.89. The van der Waals surface area contributed by atoms with Gasteiger partial charge in [0.05, 0.1) is 0 Å². The Labute approximate surface area is 109 Å². The number of benzene rings is 1. The molecule has 2 N–H and O–H groups in total. The summed E-state index contributed by atoms with van der Waals surface area (Å²) in [5, 5.41) is 0. The van der Waals surface area contributed by atoms with Gasteiger partial charge in [-0.25, -0.2) is 18.7 Å². The summed E-state index contributed by atoms with van der Waals surface area (Å²) >= 11 is 0. The van der Waals surface area contributed by atoms with Crippen molar-refractivity contribution in [1.82, 2.24) is 9.97 Å². The molecule has 0 radical (unpaired) electrons. The zero-order chi connectivity index (χ0) is 13.4. The molecule has 0 amide bonds. The number of aromatic nitrogens is 2. The molecule has 5 heteroatoms. The summed E-state index contributed by atoms with van der Waals surface area (Å²) in [6, 6.07) is 3.51. The van der Waals surface area contributed by atoms with Crippen molar-refractivity contribution in [3.8, 4) is 0 Å². The Morgan fingerprint density at radius 1 is 1.16 bits per heavy atom. The number of anilines is 1. The lowest BCUT2D eigenvalue weighted by Gasteiger charge is -2.07. The Hall–Kier alpha value is -2.04. The van der Waals surface area contributed by atoms with Crippen molar-refractivity contribution in [1.29, 1.82) is 0 Å². The Morgan fingerprint density at radius 2 is 2.00 bits per heavy atom. The van der Waals surface area contributed by atoms with Crippen LogP contribution in [0.1, 0.15) is 29.1 Å². The lowest BCUT2D eigenvalue weighted by molar-refractivity contribution is 0.573. The fourth-order valence-electron chi connectivity index (χ4n) is 2.43. The summed E-state index contributed by atoms with van der Waals surface area (Å²) in [4.78, 5) is 8.63. The Morgan fingerprint density at radius 3 is 2.79 bits per heavy atom. The molecule has 98 valence electrons. The molecule has 0 spiro atoms. The number of rotatable bonds is 2. The molecular weight excluding hydrogens is 248 g/mol. The van der Waals surface area contributed by atoms with Gasteiger partial charge >= 0.3 is 0 Å². The molecule has 0 fully saturated rings. The quantitative estimate of drug-likeness (QED) is 0.903. The average Bonchev–Trinajstić information content (AvgIpc) is 2.81. The van der Waals surface area contributed by atoms with E-state index in [4.69, 9.17) is 5.73 Å². The predicted octanol–water partition coefficient (Wildman–Crippen LogP) is 2.42. The number of nitrogens with two attached hydrogens (primary N) is 1. The molecule has 1 aromatic heterocycles. The van der Waals surface area contributed by atoms with Gasteiger partial charge in [0.25, 0.3) is 0 Å². The van der Waals surface area contributed by atoms with E-state index in [0.717, 1.165) is 36.6 Å². The molecule has 1 aliphatic carbocycles. The van der Waals surface area contributed by atoms with Crippen LogP contribution in [0.5, 0.6) is 0 Å². The van der Waals surface area contributed by atoms with E-state index < -0.39 is 11.6 Å². The molecule has 0 atom stereocenters. The van der Waals surface area contributed by atoms with Gasteiger partial charge in [0, 0.05) is 23.7 Å². The van der Waals surface area contributed by atoms with E-state index in [1.54, 1.807) is 0 Å². The van der Waals surface area contributed by atoms with E-state index in [1.165, 1.54) is 12.1 Å². The van der Waals surface area contributed by atoms with Crippen LogP contribution in [0.2, 0.25) is 0 Å². The summed E-state index contributed by atoms with van der Waals surface area (Å²) < 4.78 is 26.4. The molecule has 1 aromatic carbocycles. The van der Waals surface area contributed by atoms with Crippen LogP contribution in [0.25, 0.3) is 0 Å². The van der Waals surface area contributed by atoms with Crippen molar-refractivity contribution < 1.29 is 8.78 Å². The first-order valence-corrected chi connectivity index (χ1v) is 6.21. The highest BCUT2D eigenvalue weighted by Crippen LogP contribution is 2.25. The second kappa shape index (κ2) is 4.57. The van der Waals surface area contributed by atoms with Crippen LogP contribution in [0, 0.1) is 11.6 Å². The minimum absolute atomic E-state index is 0.226. The van der Waals surface area contributed by atoms with Crippen molar-refractivity contribution in [2.24, 2.45) is 0 Å². The van der Waals surface area contributed by atoms with E-state index in [-0.39, 0.29) is 6.42 Å². The van der Waals surface area contributed by atoms with Gasteiger partial charge in [-0.3, -0.25) is 0 Å². The third-order valence-corrected chi connectivity index (χ3v) is 3.38. The largest absolute Gasteiger partial charge is 0.383 e. The van der Waals surface area contributed by atoms with Crippen molar-refractivity contribution in [3.05, 3.63) is 52.5 Å². The summed E-state index contributed by atoms with van der Waals surface area (Å²) in [5.74, 6) is -0.193. The fraction of sp³-hybridized carbons (Fsp3) is 0.286. The van der Waals surface area contributed by atoms with Crippen molar-refractivity contribution in [2.75, 3.05) is 5.73 Å². The summed E-state index contributed by atoms with van der Waals surface area (Å²) in [6.07, 6.45) is 3.06. The Balaban J connectivity index is 1.93. The van der Waals surface area contributed by atoms with Crippen LogP contribution in [-0.4, -0.2) is 9.97 Å². The summed E-state index contributed by atoms with van der Waals surface area (Å²) in [7, 11) is 0. The normalized spacial score (nSPS) is 13.6. The maximum absolute atomic E-state index is 13.6. The van der Waals surface area contributed by atoms with E-state index in [0.29, 0.717) is 17.2 Å². The Bertz CT molecular complexity index is 641. The molecular formula is C14H13F2N3. The van der Waals surface area contributed by atoms with Crippen LogP contribution < -0.4 is 5.73 Å². The molecule has 0 saturated heterocycles. The van der Waals surface area contributed by atoms with E-state index >= 15 is 0 Å². The number of halogens is 2. The lowest BCUT2D eigenvalue weighted by atomic mass is 10.1. The summed E-state index contributed by atoms with van der Waals surface area (Å²) in [5.41, 5.74) is 8.24. The highest BCUT2D eigenvalue weighted by molar-refractivity contribution is 5.45. The van der Waals surface area contributed by atoms with Gasteiger partial charge in [0.15, 0.2) is 0 Å². The maximum atomic E-state index is 13.6. The number of hydrogen-bond acceptors (Lipinski definition) is 3. The zero-order valence-corrected chi connectivity index (χ0v) is 10.3.